The van der Waals surface area contributed by atoms with Crippen molar-refractivity contribution < 1.29 is 9.53 Å². The van der Waals surface area contributed by atoms with Crippen LogP contribution >= 0.6 is 0 Å². The van der Waals surface area contributed by atoms with Gasteiger partial charge in [0.05, 0.1) is 13.2 Å². The Hall–Kier alpha value is -1.59. The van der Waals surface area contributed by atoms with E-state index < -0.39 is 0 Å². The highest BCUT2D eigenvalue weighted by Gasteiger charge is 2.32. The topological polar surface area (TPSA) is 36.0 Å². The highest BCUT2D eigenvalue weighted by molar-refractivity contribution is 5.82. The normalized spacial score (nSPS) is 22.4. The van der Waals surface area contributed by atoms with Crippen molar-refractivity contribution in [3.05, 3.63) is 29.8 Å². The first kappa shape index (κ1) is 19.2. The molecule has 26 heavy (non-hydrogen) atoms. The molecular formula is C21H33N3O2. The maximum Gasteiger partial charge on any atom is 0.240 e. The van der Waals surface area contributed by atoms with Gasteiger partial charge >= 0.3 is 0 Å². The molecule has 2 aliphatic rings. The molecular weight excluding hydrogens is 326 g/mol. The van der Waals surface area contributed by atoms with Crippen molar-refractivity contribution in [1.82, 2.24) is 14.7 Å². The SMILES string of the molecule is CCCN1CCCCC1C(=O)N1CCN(Cc2ccc(OC)cc2)CC1. The summed E-state index contributed by atoms with van der Waals surface area (Å²) in [5.74, 6) is 1.26. The van der Waals surface area contributed by atoms with Crippen LogP contribution in [0.15, 0.2) is 24.3 Å². The van der Waals surface area contributed by atoms with E-state index in [9.17, 15) is 4.79 Å². The summed E-state index contributed by atoms with van der Waals surface area (Å²) in [6, 6.07) is 8.40. The molecule has 0 aliphatic carbocycles. The van der Waals surface area contributed by atoms with Gasteiger partial charge in [-0.15, -0.1) is 0 Å². The smallest absolute Gasteiger partial charge is 0.240 e. The lowest BCUT2D eigenvalue weighted by Crippen LogP contribution is -2.56. The van der Waals surface area contributed by atoms with Gasteiger partial charge in [0.25, 0.3) is 0 Å². The van der Waals surface area contributed by atoms with Gasteiger partial charge in [-0.25, -0.2) is 0 Å². The Morgan fingerprint density at radius 2 is 1.81 bits per heavy atom. The Morgan fingerprint density at radius 3 is 2.46 bits per heavy atom. The first-order chi connectivity index (χ1) is 12.7. The Morgan fingerprint density at radius 1 is 1.08 bits per heavy atom. The molecule has 3 rings (SSSR count). The van der Waals surface area contributed by atoms with Gasteiger partial charge in [0.1, 0.15) is 5.75 Å². The number of hydrogen-bond acceptors (Lipinski definition) is 4. The molecule has 2 aliphatic heterocycles. The number of piperidine rings is 1. The first-order valence-electron chi connectivity index (χ1n) is 10.1. The van der Waals surface area contributed by atoms with Crippen LogP contribution < -0.4 is 4.74 Å². The van der Waals surface area contributed by atoms with Crippen molar-refractivity contribution in [2.45, 2.75) is 45.2 Å². The van der Waals surface area contributed by atoms with E-state index in [0.717, 1.165) is 64.4 Å². The third kappa shape index (κ3) is 4.77. The van der Waals surface area contributed by atoms with E-state index in [1.807, 2.05) is 12.1 Å². The minimum Gasteiger partial charge on any atom is -0.497 e. The van der Waals surface area contributed by atoms with Gasteiger partial charge in [0.15, 0.2) is 0 Å². The lowest BCUT2D eigenvalue weighted by molar-refractivity contribution is -0.140. The molecule has 1 aromatic rings. The molecule has 1 atom stereocenters. The molecule has 144 valence electrons. The second kappa shape index (κ2) is 9.38. The number of likely N-dealkylation sites (tertiary alicyclic amines) is 1. The molecule has 5 nitrogen and oxygen atoms in total. The Bertz CT molecular complexity index is 565. The lowest BCUT2D eigenvalue weighted by Gasteiger charge is -2.40. The van der Waals surface area contributed by atoms with Gasteiger partial charge in [-0.1, -0.05) is 25.5 Å². The molecule has 2 fully saturated rings. The van der Waals surface area contributed by atoms with E-state index in [2.05, 4.69) is 33.8 Å². The van der Waals surface area contributed by atoms with E-state index >= 15 is 0 Å². The summed E-state index contributed by atoms with van der Waals surface area (Å²) in [5.41, 5.74) is 1.30. The van der Waals surface area contributed by atoms with Crippen LogP contribution in [0.4, 0.5) is 0 Å². The summed E-state index contributed by atoms with van der Waals surface area (Å²) in [5, 5.41) is 0. The number of piperazine rings is 1. The van der Waals surface area contributed by atoms with Crippen LogP contribution in [0.2, 0.25) is 0 Å². The molecule has 0 radical (unpaired) electrons. The van der Waals surface area contributed by atoms with Gasteiger partial charge in [-0.2, -0.15) is 0 Å². The van der Waals surface area contributed by atoms with Crippen LogP contribution in [-0.2, 0) is 11.3 Å². The van der Waals surface area contributed by atoms with E-state index in [1.54, 1.807) is 7.11 Å². The fourth-order valence-corrected chi connectivity index (χ4v) is 4.15. The van der Waals surface area contributed by atoms with Crippen LogP contribution in [0.3, 0.4) is 0 Å². The second-order valence-electron chi connectivity index (χ2n) is 7.50. The molecule has 1 amide bonds. The average molecular weight is 360 g/mol. The third-order valence-electron chi connectivity index (χ3n) is 5.66. The van der Waals surface area contributed by atoms with Crippen LogP contribution in [-0.4, -0.2) is 73.0 Å². The molecule has 0 N–H and O–H groups in total. The van der Waals surface area contributed by atoms with Crippen LogP contribution in [0, 0.1) is 0 Å². The molecule has 0 aromatic heterocycles. The average Bonchev–Trinajstić information content (AvgIpc) is 2.69. The predicted molar refractivity (Wildman–Crippen MR) is 104 cm³/mol. The van der Waals surface area contributed by atoms with Gasteiger partial charge in [0, 0.05) is 32.7 Å². The van der Waals surface area contributed by atoms with Gasteiger partial charge in [0.2, 0.25) is 5.91 Å². The minimum absolute atomic E-state index is 0.122. The summed E-state index contributed by atoms with van der Waals surface area (Å²) in [4.78, 5) is 20.0. The zero-order chi connectivity index (χ0) is 18.4. The predicted octanol–water partition coefficient (Wildman–Crippen LogP) is 2.60. The summed E-state index contributed by atoms with van der Waals surface area (Å²) >= 11 is 0. The van der Waals surface area contributed by atoms with E-state index in [0.29, 0.717) is 5.91 Å². The molecule has 5 heteroatoms. The Kier molecular flexibility index (Phi) is 6.92. The van der Waals surface area contributed by atoms with Crippen LogP contribution in [0.25, 0.3) is 0 Å². The Balaban J connectivity index is 1.49. The molecule has 0 saturated carbocycles. The number of benzene rings is 1. The monoisotopic (exact) mass is 359 g/mol. The largest absolute Gasteiger partial charge is 0.497 e. The number of carbonyl (C=O) groups is 1. The fourth-order valence-electron chi connectivity index (χ4n) is 4.15. The molecule has 1 aromatic carbocycles. The number of ether oxygens (including phenoxy) is 1. The van der Waals surface area contributed by atoms with E-state index in [-0.39, 0.29) is 6.04 Å². The lowest BCUT2D eigenvalue weighted by atomic mass is 10.00. The van der Waals surface area contributed by atoms with Crippen molar-refractivity contribution in [1.29, 1.82) is 0 Å². The van der Waals surface area contributed by atoms with Gasteiger partial charge in [-0.3, -0.25) is 14.6 Å². The number of nitrogens with zero attached hydrogens (tertiary/aromatic N) is 3. The summed E-state index contributed by atoms with van der Waals surface area (Å²) in [6.07, 6.45) is 4.58. The first-order valence-corrected chi connectivity index (χ1v) is 10.1. The number of hydrogen-bond donors (Lipinski definition) is 0. The summed E-state index contributed by atoms with van der Waals surface area (Å²) < 4.78 is 5.22. The molecule has 0 bridgehead atoms. The van der Waals surface area contributed by atoms with E-state index in [1.165, 1.54) is 18.4 Å². The number of methoxy groups -OCH3 is 1. The highest BCUT2D eigenvalue weighted by atomic mass is 16.5. The van der Waals surface area contributed by atoms with Crippen molar-refractivity contribution >= 4 is 5.91 Å². The molecule has 2 heterocycles. The maximum absolute atomic E-state index is 13.0. The highest BCUT2D eigenvalue weighted by Crippen LogP contribution is 2.20. The van der Waals surface area contributed by atoms with Gasteiger partial charge in [-0.05, 0) is 50.0 Å². The van der Waals surface area contributed by atoms with Crippen molar-refractivity contribution in [2.24, 2.45) is 0 Å². The molecule has 2 saturated heterocycles. The van der Waals surface area contributed by atoms with Gasteiger partial charge < -0.3 is 9.64 Å². The second-order valence-corrected chi connectivity index (χ2v) is 7.50. The zero-order valence-electron chi connectivity index (χ0n) is 16.3. The van der Waals surface area contributed by atoms with Crippen molar-refractivity contribution in [3.63, 3.8) is 0 Å². The van der Waals surface area contributed by atoms with Crippen molar-refractivity contribution in [2.75, 3.05) is 46.4 Å². The molecule has 0 spiro atoms. The number of carbonyl (C=O) groups excluding carboxylic acids is 1. The summed E-state index contributed by atoms with van der Waals surface area (Å²) in [7, 11) is 1.69. The maximum atomic E-state index is 13.0. The van der Waals surface area contributed by atoms with E-state index in [4.69, 9.17) is 4.74 Å². The number of amides is 1. The fraction of sp³-hybridized carbons (Fsp3) is 0.667. The Labute approximate surface area is 157 Å². The quantitative estimate of drug-likeness (QED) is 0.782. The van der Waals surface area contributed by atoms with Crippen LogP contribution in [0.1, 0.15) is 38.2 Å². The zero-order valence-corrected chi connectivity index (χ0v) is 16.3. The van der Waals surface area contributed by atoms with Crippen molar-refractivity contribution in [3.8, 4) is 5.75 Å². The van der Waals surface area contributed by atoms with Crippen LogP contribution in [0.5, 0.6) is 5.75 Å². The third-order valence-corrected chi connectivity index (χ3v) is 5.66. The standard InChI is InChI=1S/C21H33N3O2/c1-3-11-23-12-5-4-6-20(23)21(25)24-15-13-22(14-16-24)17-18-7-9-19(26-2)10-8-18/h7-10,20H,3-6,11-17H2,1-2H3. The molecule has 1 unspecified atom stereocenters. The minimum atomic E-state index is 0.122. The number of rotatable bonds is 6. The summed E-state index contributed by atoms with van der Waals surface area (Å²) in [6.45, 7) is 8.90.